The molecule has 0 bridgehead atoms. The maximum Gasteiger partial charge on any atom is 0.374 e. The zero-order valence-corrected chi connectivity index (χ0v) is 9.18. The Labute approximate surface area is 97.1 Å². The van der Waals surface area contributed by atoms with E-state index in [0.29, 0.717) is 0 Å². The van der Waals surface area contributed by atoms with Gasteiger partial charge < -0.3 is 30.3 Å². The molecular formula is C9H16O8. The van der Waals surface area contributed by atoms with Gasteiger partial charge in [0, 0.05) is 6.92 Å². The summed E-state index contributed by atoms with van der Waals surface area (Å²) in [6, 6.07) is 0. The molecule has 0 fully saturated rings. The minimum Gasteiger partial charge on any atom is -0.457 e. The summed E-state index contributed by atoms with van der Waals surface area (Å²) in [5, 5.41) is 45.2. The van der Waals surface area contributed by atoms with Crippen molar-refractivity contribution in [3.63, 3.8) is 0 Å². The highest BCUT2D eigenvalue weighted by Gasteiger charge is 2.30. The van der Waals surface area contributed by atoms with Crippen molar-refractivity contribution in [3.05, 3.63) is 0 Å². The molecule has 8 nitrogen and oxygen atoms in total. The molecule has 100 valence electrons. The molecule has 0 saturated carbocycles. The first-order valence-corrected chi connectivity index (χ1v) is 4.82. The van der Waals surface area contributed by atoms with Gasteiger partial charge in [-0.1, -0.05) is 0 Å². The van der Waals surface area contributed by atoms with E-state index in [1.165, 1.54) is 0 Å². The predicted molar refractivity (Wildman–Crippen MR) is 52.8 cm³/mol. The molecule has 0 spiro atoms. The van der Waals surface area contributed by atoms with Crippen molar-refractivity contribution < 1.29 is 39.9 Å². The van der Waals surface area contributed by atoms with Gasteiger partial charge in [0.25, 0.3) is 0 Å². The number of hydrogen-bond acceptors (Lipinski definition) is 8. The fourth-order valence-corrected chi connectivity index (χ4v) is 0.924. The largest absolute Gasteiger partial charge is 0.457 e. The predicted octanol–water partition coefficient (Wildman–Crippen LogP) is -3.45. The Bertz CT molecular complexity index is 266. The van der Waals surface area contributed by atoms with Crippen LogP contribution in [0, 0.1) is 0 Å². The molecule has 8 heteroatoms. The Kier molecular flexibility index (Phi) is 6.85. The minimum absolute atomic E-state index is 0.714. The van der Waals surface area contributed by atoms with E-state index in [-0.39, 0.29) is 0 Å². The van der Waals surface area contributed by atoms with Crippen LogP contribution in [0.3, 0.4) is 0 Å². The molecule has 5 N–H and O–H groups in total. The quantitative estimate of drug-likeness (QED) is 0.232. The van der Waals surface area contributed by atoms with Crippen molar-refractivity contribution in [2.45, 2.75) is 31.3 Å². The van der Waals surface area contributed by atoms with Crippen LogP contribution in [0.5, 0.6) is 0 Å². The van der Waals surface area contributed by atoms with Crippen molar-refractivity contribution in [1.29, 1.82) is 0 Å². The number of ketones is 1. The van der Waals surface area contributed by atoms with Gasteiger partial charge in [-0.25, -0.2) is 4.79 Å². The molecule has 0 radical (unpaired) electrons. The molecule has 17 heavy (non-hydrogen) atoms. The van der Waals surface area contributed by atoms with Gasteiger partial charge in [0.1, 0.15) is 31.0 Å². The average molecular weight is 252 g/mol. The van der Waals surface area contributed by atoms with Crippen LogP contribution in [0.2, 0.25) is 0 Å². The van der Waals surface area contributed by atoms with Crippen molar-refractivity contribution >= 4 is 11.8 Å². The van der Waals surface area contributed by atoms with Gasteiger partial charge in [0.05, 0.1) is 6.61 Å². The van der Waals surface area contributed by atoms with Gasteiger partial charge in [-0.15, -0.1) is 0 Å². The number of carbonyl (C=O) groups excluding carboxylic acids is 2. The van der Waals surface area contributed by atoms with Crippen LogP contribution in [0.1, 0.15) is 6.92 Å². The van der Waals surface area contributed by atoms with E-state index >= 15 is 0 Å². The molecule has 0 aliphatic carbocycles. The standard InChI is InChI=1S/C9H16O8/c1-4(11)9(16)17-3-6(13)8(15)7(14)5(12)2-10/h5-8,10,12-15H,2-3H2,1H3/t5-,6-,7-,8-/m1/s1. The number of carbonyl (C=O) groups is 2. The zero-order valence-electron chi connectivity index (χ0n) is 9.18. The summed E-state index contributed by atoms with van der Waals surface area (Å²) in [6.45, 7) is -0.553. The lowest BCUT2D eigenvalue weighted by Crippen LogP contribution is -2.47. The molecule has 4 atom stereocenters. The number of Topliss-reactive ketones (excluding diaryl/α,β-unsaturated/α-hetero) is 1. The topological polar surface area (TPSA) is 145 Å². The molecule has 0 aromatic heterocycles. The number of hydrogen-bond donors (Lipinski definition) is 5. The molecule has 0 saturated heterocycles. The minimum atomic E-state index is -1.82. The number of esters is 1. The first-order valence-electron chi connectivity index (χ1n) is 4.82. The normalized spacial score (nSPS) is 18.0. The van der Waals surface area contributed by atoms with Gasteiger partial charge in [-0.2, -0.15) is 0 Å². The van der Waals surface area contributed by atoms with Crippen molar-refractivity contribution in [3.8, 4) is 0 Å². The number of aliphatic hydroxyl groups is 5. The summed E-state index contributed by atoms with van der Waals surface area (Å²) in [5.74, 6) is -2.06. The SMILES string of the molecule is CC(=O)C(=O)OC[C@@H](O)[C@@H](O)[C@H](O)[C@H](O)CO. The summed E-state index contributed by atoms with van der Waals surface area (Å²) < 4.78 is 4.30. The monoisotopic (exact) mass is 252 g/mol. The molecule has 0 rings (SSSR count). The molecular weight excluding hydrogens is 236 g/mol. The Morgan fingerprint density at radius 1 is 1.06 bits per heavy atom. The Hall–Kier alpha value is -1.06. The lowest BCUT2D eigenvalue weighted by atomic mass is 10.0. The third-order valence-electron chi connectivity index (χ3n) is 2.00. The fourth-order valence-electron chi connectivity index (χ4n) is 0.924. The second-order valence-corrected chi connectivity index (χ2v) is 3.45. The lowest BCUT2D eigenvalue weighted by Gasteiger charge is -2.25. The third-order valence-corrected chi connectivity index (χ3v) is 2.00. The first-order chi connectivity index (χ1) is 7.81. The summed E-state index contributed by atoms with van der Waals surface area (Å²) in [6.07, 6.45) is -6.94. The van der Waals surface area contributed by atoms with Crippen LogP contribution in [0.4, 0.5) is 0 Å². The molecule has 0 amide bonds. The first kappa shape index (κ1) is 15.9. The number of rotatable bonds is 7. The van der Waals surface area contributed by atoms with Crippen LogP contribution >= 0.6 is 0 Å². The zero-order chi connectivity index (χ0) is 13.6. The maximum absolute atomic E-state index is 10.7. The van der Waals surface area contributed by atoms with E-state index in [1.807, 2.05) is 0 Å². The molecule has 0 aliphatic heterocycles. The molecule has 0 aliphatic rings. The van der Waals surface area contributed by atoms with Gasteiger partial charge in [-0.05, 0) is 0 Å². The maximum atomic E-state index is 10.7. The number of ether oxygens (including phenoxy) is 1. The third kappa shape index (κ3) is 5.20. The van der Waals surface area contributed by atoms with E-state index in [9.17, 15) is 24.9 Å². The van der Waals surface area contributed by atoms with Crippen molar-refractivity contribution in [2.24, 2.45) is 0 Å². The Balaban J connectivity index is 4.18. The van der Waals surface area contributed by atoms with Crippen LogP contribution in [-0.4, -0.2) is 74.9 Å². The van der Waals surface area contributed by atoms with Gasteiger partial charge in [-0.3, -0.25) is 4.79 Å². The van der Waals surface area contributed by atoms with Gasteiger partial charge in [0.2, 0.25) is 5.78 Å². The van der Waals surface area contributed by atoms with Crippen LogP contribution in [0.25, 0.3) is 0 Å². The van der Waals surface area contributed by atoms with Crippen LogP contribution in [-0.2, 0) is 14.3 Å². The van der Waals surface area contributed by atoms with E-state index in [0.717, 1.165) is 6.92 Å². The smallest absolute Gasteiger partial charge is 0.374 e. The van der Waals surface area contributed by atoms with E-state index in [1.54, 1.807) is 0 Å². The van der Waals surface area contributed by atoms with E-state index in [4.69, 9.17) is 10.2 Å². The summed E-state index contributed by atoms with van der Waals surface area (Å²) in [5.41, 5.74) is 0. The molecule has 0 heterocycles. The molecule has 0 aromatic carbocycles. The summed E-state index contributed by atoms with van der Waals surface area (Å²) in [4.78, 5) is 21.2. The highest BCUT2D eigenvalue weighted by molar-refractivity contribution is 6.32. The van der Waals surface area contributed by atoms with Crippen molar-refractivity contribution in [1.82, 2.24) is 0 Å². The van der Waals surface area contributed by atoms with Gasteiger partial charge in [0.15, 0.2) is 0 Å². The second-order valence-electron chi connectivity index (χ2n) is 3.45. The van der Waals surface area contributed by atoms with Crippen LogP contribution in [0.15, 0.2) is 0 Å². The Morgan fingerprint density at radius 2 is 1.53 bits per heavy atom. The number of aliphatic hydroxyl groups excluding tert-OH is 5. The fraction of sp³-hybridized carbons (Fsp3) is 0.778. The molecule has 0 aromatic rings. The Morgan fingerprint density at radius 3 is 1.94 bits per heavy atom. The summed E-state index contributed by atoms with van der Waals surface area (Å²) in [7, 11) is 0. The van der Waals surface area contributed by atoms with Gasteiger partial charge >= 0.3 is 5.97 Å². The van der Waals surface area contributed by atoms with Crippen molar-refractivity contribution in [2.75, 3.05) is 13.2 Å². The highest BCUT2D eigenvalue weighted by atomic mass is 16.5. The lowest BCUT2D eigenvalue weighted by molar-refractivity contribution is -0.161. The molecule has 0 unspecified atom stereocenters. The van der Waals surface area contributed by atoms with Crippen LogP contribution < -0.4 is 0 Å². The van der Waals surface area contributed by atoms with E-state index < -0.39 is 49.4 Å². The second kappa shape index (κ2) is 7.30. The van der Waals surface area contributed by atoms with E-state index in [2.05, 4.69) is 4.74 Å². The highest BCUT2D eigenvalue weighted by Crippen LogP contribution is 2.05. The average Bonchev–Trinajstić information content (AvgIpc) is 2.32. The summed E-state index contributed by atoms with van der Waals surface area (Å²) >= 11 is 0.